The molecule has 4 rings (SSSR count). The Morgan fingerprint density at radius 2 is 2.03 bits per heavy atom. The lowest BCUT2D eigenvalue weighted by atomic mass is 10.2. The van der Waals surface area contributed by atoms with Gasteiger partial charge in [0.05, 0.1) is 19.2 Å². The zero-order valence-corrected chi connectivity index (χ0v) is 20.9. The third kappa shape index (κ3) is 5.83. The molecule has 0 saturated carbocycles. The molecule has 0 radical (unpaired) electrons. The molecule has 186 valence electrons. The summed E-state index contributed by atoms with van der Waals surface area (Å²) in [7, 11) is 1.53. The first-order valence-corrected chi connectivity index (χ1v) is 11.4. The molecule has 2 N–H and O–H groups in total. The van der Waals surface area contributed by atoms with E-state index in [0.29, 0.717) is 22.8 Å². The zero-order valence-electron chi connectivity index (χ0n) is 19.3. The molecule has 2 heterocycles. The average molecular weight is 557 g/mol. The molecule has 4 aromatic rings. The number of nitro groups is 1. The largest absolute Gasteiger partial charge is 0.493 e. The molecule has 0 atom stereocenters. The number of aromatic nitrogens is 5. The molecule has 0 fully saturated rings. The second-order valence-electron chi connectivity index (χ2n) is 7.53. The van der Waals surface area contributed by atoms with Crippen LogP contribution in [0.4, 0.5) is 17.5 Å². The van der Waals surface area contributed by atoms with Crippen molar-refractivity contribution in [2.24, 2.45) is 0 Å². The topological polar surface area (TPSA) is 159 Å². The van der Waals surface area contributed by atoms with Crippen LogP contribution in [0.1, 0.15) is 5.56 Å². The van der Waals surface area contributed by atoms with Crippen LogP contribution in [0.15, 0.2) is 47.5 Å². The molecule has 1 amide bonds. The normalized spacial score (nSPS) is 10.8. The van der Waals surface area contributed by atoms with E-state index in [0.717, 1.165) is 32.1 Å². The minimum Gasteiger partial charge on any atom is -0.493 e. The summed E-state index contributed by atoms with van der Waals surface area (Å²) in [5.41, 5.74) is 2.63. The van der Waals surface area contributed by atoms with Gasteiger partial charge < -0.3 is 30.2 Å². The second kappa shape index (κ2) is 10.9. The number of aryl methyl sites for hydroxylation is 1. The highest BCUT2D eigenvalue weighted by atomic mass is 79.9. The van der Waals surface area contributed by atoms with Gasteiger partial charge in [0.25, 0.3) is 0 Å². The van der Waals surface area contributed by atoms with Gasteiger partial charge in [-0.05, 0) is 35.6 Å². The minimum absolute atomic E-state index is 0.151. The molecular weight excluding hydrogens is 536 g/mol. The number of nitrogens with zero attached hydrogens (tertiary/aromatic N) is 6. The van der Waals surface area contributed by atoms with Gasteiger partial charge in [-0.2, -0.15) is 4.68 Å². The number of amides is 1. The molecule has 0 aliphatic heterocycles. The van der Waals surface area contributed by atoms with Gasteiger partial charge in [-0.3, -0.25) is 4.79 Å². The molecular formula is C22H21BrN8O5. The fourth-order valence-corrected chi connectivity index (χ4v) is 3.62. The van der Waals surface area contributed by atoms with Crippen LogP contribution >= 0.6 is 15.9 Å². The van der Waals surface area contributed by atoms with E-state index in [-0.39, 0.29) is 19.7 Å². The third-order valence-corrected chi connectivity index (χ3v) is 5.88. The molecule has 14 heteroatoms. The van der Waals surface area contributed by atoms with E-state index in [1.165, 1.54) is 13.4 Å². The van der Waals surface area contributed by atoms with Gasteiger partial charge in [-0.1, -0.05) is 27.0 Å². The molecule has 13 nitrogen and oxygen atoms in total. The van der Waals surface area contributed by atoms with Gasteiger partial charge in [0.15, 0.2) is 11.5 Å². The van der Waals surface area contributed by atoms with Gasteiger partial charge in [0, 0.05) is 26.7 Å². The maximum Gasteiger partial charge on any atom is 0.490 e. The van der Waals surface area contributed by atoms with Crippen molar-refractivity contribution in [3.63, 3.8) is 0 Å². The first-order chi connectivity index (χ1) is 17.3. The first kappa shape index (κ1) is 24.8. The Morgan fingerprint density at radius 1 is 1.19 bits per heavy atom. The van der Waals surface area contributed by atoms with Crippen molar-refractivity contribution >= 4 is 50.2 Å². The molecule has 0 saturated heterocycles. The number of methoxy groups -OCH3 is 1. The number of hydrogen-bond acceptors (Lipinski definition) is 10. The molecule has 0 bridgehead atoms. The number of hydrogen-bond donors (Lipinski definition) is 2. The van der Waals surface area contributed by atoms with E-state index in [9.17, 15) is 14.9 Å². The highest BCUT2D eigenvalue weighted by molar-refractivity contribution is 9.10. The van der Waals surface area contributed by atoms with Gasteiger partial charge in [-0.15, -0.1) is 0 Å². The fourth-order valence-electron chi connectivity index (χ4n) is 3.24. The lowest BCUT2D eigenvalue weighted by Crippen LogP contribution is -2.31. The fraction of sp³-hybridized carbons (Fsp3) is 0.227. The summed E-state index contributed by atoms with van der Waals surface area (Å²) in [6.45, 7) is 2.15. The molecule has 0 unspecified atom stereocenters. The van der Waals surface area contributed by atoms with E-state index in [1.807, 2.05) is 25.1 Å². The smallest absolute Gasteiger partial charge is 0.490 e. The van der Waals surface area contributed by atoms with Crippen LogP contribution in [0, 0.1) is 17.0 Å². The van der Waals surface area contributed by atoms with E-state index in [2.05, 4.69) is 46.6 Å². The first-order valence-electron chi connectivity index (χ1n) is 10.6. The summed E-state index contributed by atoms with van der Waals surface area (Å²) in [6, 6.07) is 9.45. The van der Waals surface area contributed by atoms with Crippen LogP contribution in [-0.4, -0.2) is 55.8 Å². The van der Waals surface area contributed by atoms with E-state index in [4.69, 9.17) is 9.47 Å². The molecule has 0 aliphatic rings. The van der Waals surface area contributed by atoms with E-state index < -0.39 is 16.8 Å². The summed E-state index contributed by atoms with van der Waals surface area (Å²) in [5.74, 6) is 0.584. The number of rotatable bonds is 10. The average Bonchev–Trinajstić information content (AvgIpc) is 3.32. The number of benzene rings is 2. The lowest BCUT2D eigenvalue weighted by Gasteiger charge is -2.14. The number of halogens is 1. The van der Waals surface area contributed by atoms with Crippen LogP contribution in [0.2, 0.25) is 0 Å². The van der Waals surface area contributed by atoms with Gasteiger partial charge in [0.2, 0.25) is 12.2 Å². The maximum atomic E-state index is 12.1. The molecule has 0 aliphatic carbocycles. The predicted octanol–water partition coefficient (Wildman–Crippen LogP) is 3.15. The van der Waals surface area contributed by atoms with Crippen LogP contribution in [0.3, 0.4) is 0 Å². The van der Waals surface area contributed by atoms with Crippen molar-refractivity contribution in [1.29, 1.82) is 0 Å². The number of anilines is 2. The number of carbonyl (C=O) groups excluding carboxylic acids is 1. The number of carbonyl (C=O) groups is 1. The SMILES string of the molecule is COc1cc2c(Nc3ccc(C)c(Br)c3)ncnc2cc1OCCNC(=O)Cn1cnc([N+](=O)[O-])n1. The maximum absolute atomic E-state index is 12.1. The minimum atomic E-state index is -0.731. The molecule has 36 heavy (non-hydrogen) atoms. The van der Waals surface area contributed by atoms with Crippen molar-refractivity contribution in [1.82, 2.24) is 30.0 Å². The predicted molar refractivity (Wildman–Crippen MR) is 133 cm³/mol. The monoisotopic (exact) mass is 556 g/mol. The number of fused-ring (bicyclic) bond motifs is 1. The number of ether oxygens (including phenoxy) is 2. The second-order valence-corrected chi connectivity index (χ2v) is 8.38. The summed E-state index contributed by atoms with van der Waals surface area (Å²) in [5, 5.41) is 20.9. The van der Waals surface area contributed by atoms with Crippen molar-refractivity contribution in [2.75, 3.05) is 25.6 Å². The molecule has 2 aromatic heterocycles. The third-order valence-electron chi connectivity index (χ3n) is 5.03. The van der Waals surface area contributed by atoms with Gasteiger partial charge in [0.1, 0.15) is 25.3 Å². The number of nitrogens with one attached hydrogen (secondary N) is 2. The summed E-state index contributed by atoms with van der Waals surface area (Å²) in [6.07, 6.45) is 2.58. The van der Waals surface area contributed by atoms with Crippen molar-refractivity contribution < 1.29 is 19.2 Å². The quantitative estimate of drug-likeness (QED) is 0.169. The van der Waals surface area contributed by atoms with E-state index >= 15 is 0 Å². The lowest BCUT2D eigenvalue weighted by molar-refractivity contribution is -0.394. The Balaban J connectivity index is 1.40. The van der Waals surface area contributed by atoms with Crippen molar-refractivity contribution in [3.8, 4) is 11.5 Å². The van der Waals surface area contributed by atoms with Crippen molar-refractivity contribution in [2.45, 2.75) is 13.5 Å². The van der Waals surface area contributed by atoms with Crippen LogP contribution in [0.5, 0.6) is 11.5 Å². The molecule has 2 aromatic carbocycles. The Morgan fingerprint density at radius 3 is 2.75 bits per heavy atom. The van der Waals surface area contributed by atoms with Crippen LogP contribution in [-0.2, 0) is 11.3 Å². The highest BCUT2D eigenvalue weighted by Gasteiger charge is 2.16. The Kier molecular flexibility index (Phi) is 7.53. The van der Waals surface area contributed by atoms with Gasteiger partial charge in [-0.25, -0.2) is 9.97 Å². The Labute approximate surface area is 213 Å². The van der Waals surface area contributed by atoms with Gasteiger partial charge >= 0.3 is 5.95 Å². The standard InChI is InChI=1S/C22H21BrN8O5/c1-13-3-4-14(7-16(13)23)28-21-15-8-18(35-2)19(9-17(15)25-11-26-21)36-6-5-24-20(32)10-30-12-27-22(29-30)31(33)34/h3-4,7-9,11-12H,5-6,10H2,1-2H3,(H,24,32)(H,25,26,28). The summed E-state index contributed by atoms with van der Waals surface area (Å²) in [4.78, 5) is 34.2. The van der Waals surface area contributed by atoms with Crippen LogP contribution < -0.4 is 20.1 Å². The highest BCUT2D eigenvalue weighted by Crippen LogP contribution is 2.35. The molecule has 0 spiro atoms. The zero-order chi connectivity index (χ0) is 25.7. The Bertz CT molecular complexity index is 1430. The van der Waals surface area contributed by atoms with Crippen LogP contribution in [0.25, 0.3) is 10.9 Å². The summed E-state index contributed by atoms with van der Waals surface area (Å²) < 4.78 is 13.4. The van der Waals surface area contributed by atoms with Crippen molar-refractivity contribution in [3.05, 3.63) is 63.1 Å². The van der Waals surface area contributed by atoms with E-state index in [1.54, 1.807) is 12.1 Å². The summed E-state index contributed by atoms with van der Waals surface area (Å²) >= 11 is 3.54. The Hall–Kier alpha value is -4.33.